The van der Waals surface area contributed by atoms with Crippen LogP contribution >= 0.6 is 11.8 Å². The molecule has 0 aliphatic carbocycles. The van der Waals surface area contributed by atoms with Crippen LogP contribution in [-0.2, 0) is 16.1 Å². The van der Waals surface area contributed by atoms with Crippen molar-refractivity contribution in [1.82, 2.24) is 19.7 Å². The average Bonchev–Trinajstić information content (AvgIpc) is 3.21. The Labute approximate surface area is 176 Å². The van der Waals surface area contributed by atoms with E-state index in [0.717, 1.165) is 62.2 Å². The van der Waals surface area contributed by atoms with E-state index in [1.54, 1.807) is 0 Å². The van der Waals surface area contributed by atoms with Gasteiger partial charge in [-0.2, -0.15) is 0 Å². The van der Waals surface area contributed by atoms with Gasteiger partial charge in [0, 0.05) is 32.7 Å². The van der Waals surface area contributed by atoms with Gasteiger partial charge < -0.3 is 14.5 Å². The molecule has 2 aromatic rings. The van der Waals surface area contributed by atoms with E-state index < -0.39 is 0 Å². The van der Waals surface area contributed by atoms with Gasteiger partial charge in [-0.25, -0.2) is 0 Å². The average molecular weight is 416 g/mol. The molecule has 0 N–H and O–H groups in total. The van der Waals surface area contributed by atoms with Gasteiger partial charge in [0.2, 0.25) is 11.9 Å². The van der Waals surface area contributed by atoms with Crippen LogP contribution in [0.25, 0.3) is 0 Å². The van der Waals surface area contributed by atoms with Crippen LogP contribution in [0, 0.1) is 0 Å². The lowest BCUT2D eigenvalue weighted by Gasteiger charge is -2.30. The molecule has 2 aliphatic rings. The van der Waals surface area contributed by atoms with E-state index in [1.807, 2.05) is 35.2 Å². The van der Waals surface area contributed by atoms with Crippen molar-refractivity contribution in [2.45, 2.75) is 43.1 Å². The number of rotatable bonds is 6. The number of amides is 1. The Morgan fingerprint density at radius 3 is 2.48 bits per heavy atom. The van der Waals surface area contributed by atoms with E-state index in [0.29, 0.717) is 13.2 Å². The second-order valence-corrected chi connectivity index (χ2v) is 8.49. The molecule has 0 bridgehead atoms. The number of hydrogen-bond acceptors (Lipinski definition) is 6. The highest BCUT2D eigenvalue weighted by atomic mass is 32.2. The summed E-state index contributed by atoms with van der Waals surface area (Å²) in [7, 11) is 0. The maximum Gasteiger partial charge on any atom is 0.240 e. The Kier molecular flexibility index (Phi) is 6.71. The Balaban J connectivity index is 1.60. The van der Waals surface area contributed by atoms with Crippen molar-refractivity contribution in [3.63, 3.8) is 0 Å². The standard InChI is InChI=1S/C21H29N5O2S/c1-2-26-20(25-13-15-28-16-14-25)22-23-21(26)29-18(17-9-5-3-6-10-17)19(27)24-11-7-4-8-12-24/h3,5-6,9-10,18H,2,4,7-8,11-16H2,1H3/t18-/m0/s1. The zero-order chi connectivity index (χ0) is 20.1. The molecule has 1 aromatic heterocycles. The predicted octanol–water partition coefficient (Wildman–Crippen LogP) is 2.98. The number of hydrogen-bond donors (Lipinski definition) is 0. The molecule has 3 heterocycles. The van der Waals surface area contributed by atoms with Gasteiger partial charge in [0.05, 0.1) is 13.2 Å². The summed E-state index contributed by atoms with van der Waals surface area (Å²) in [5.74, 6) is 1.05. The topological polar surface area (TPSA) is 63.5 Å². The third-order valence-corrected chi connectivity index (χ3v) is 6.75. The van der Waals surface area contributed by atoms with Crippen molar-refractivity contribution in [2.24, 2.45) is 0 Å². The van der Waals surface area contributed by atoms with Crippen molar-refractivity contribution in [2.75, 3.05) is 44.3 Å². The van der Waals surface area contributed by atoms with Crippen molar-refractivity contribution in [1.29, 1.82) is 0 Å². The minimum atomic E-state index is -0.304. The van der Waals surface area contributed by atoms with Crippen molar-refractivity contribution in [3.8, 4) is 0 Å². The lowest BCUT2D eigenvalue weighted by atomic mass is 10.1. The summed E-state index contributed by atoms with van der Waals surface area (Å²) in [6, 6.07) is 10.1. The summed E-state index contributed by atoms with van der Waals surface area (Å²) in [6.45, 7) is 7.61. The molecule has 0 radical (unpaired) electrons. The van der Waals surface area contributed by atoms with Gasteiger partial charge in [0.15, 0.2) is 5.16 Å². The second-order valence-electron chi connectivity index (χ2n) is 7.42. The Hall–Kier alpha value is -2.06. The lowest BCUT2D eigenvalue weighted by Crippen LogP contribution is -2.38. The van der Waals surface area contributed by atoms with Gasteiger partial charge in [0.25, 0.3) is 0 Å². The molecule has 156 valence electrons. The Bertz CT molecular complexity index is 801. The summed E-state index contributed by atoms with van der Waals surface area (Å²) in [5, 5.41) is 9.44. The number of carbonyl (C=O) groups is 1. The maximum atomic E-state index is 13.4. The van der Waals surface area contributed by atoms with E-state index in [2.05, 4.69) is 26.6 Å². The van der Waals surface area contributed by atoms with Crippen molar-refractivity contribution >= 4 is 23.6 Å². The number of benzene rings is 1. The molecule has 29 heavy (non-hydrogen) atoms. The van der Waals surface area contributed by atoms with Crippen LogP contribution in [0.5, 0.6) is 0 Å². The fourth-order valence-corrected chi connectivity index (χ4v) is 5.10. The monoisotopic (exact) mass is 415 g/mol. The van der Waals surface area contributed by atoms with Crippen LogP contribution in [0.15, 0.2) is 35.5 Å². The largest absolute Gasteiger partial charge is 0.378 e. The summed E-state index contributed by atoms with van der Waals surface area (Å²) >= 11 is 1.52. The minimum Gasteiger partial charge on any atom is -0.378 e. The van der Waals surface area contributed by atoms with Gasteiger partial charge in [0.1, 0.15) is 5.25 Å². The first-order chi connectivity index (χ1) is 14.3. The van der Waals surface area contributed by atoms with E-state index in [1.165, 1.54) is 18.2 Å². The highest BCUT2D eigenvalue weighted by Gasteiger charge is 2.30. The second kappa shape index (κ2) is 9.63. The van der Waals surface area contributed by atoms with Gasteiger partial charge in [-0.15, -0.1) is 10.2 Å². The van der Waals surface area contributed by atoms with Gasteiger partial charge in [-0.05, 0) is 31.7 Å². The zero-order valence-electron chi connectivity index (χ0n) is 17.0. The number of thioether (sulfide) groups is 1. The molecule has 1 atom stereocenters. The van der Waals surface area contributed by atoms with Crippen molar-refractivity contribution in [3.05, 3.63) is 35.9 Å². The number of carbonyl (C=O) groups excluding carboxylic acids is 1. The molecular weight excluding hydrogens is 386 g/mol. The van der Waals surface area contributed by atoms with E-state index in [-0.39, 0.29) is 11.2 Å². The first-order valence-electron chi connectivity index (χ1n) is 10.5. The van der Waals surface area contributed by atoms with Gasteiger partial charge in [-0.1, -0.05) is 42.1 Å². The van der Waals surface area contributed by atoms with E-state index in [4.69, 9.17) is 4.74 Å². The van der Waals surface area contributed by atoms with Gasteiger partial charge in [-0.3, -0.25) is 9.36 Å². The molecule has 4 rings (SSSR count). The normalized spacial score (nSPS) is 18.7. The van der Waals surface area contributed by atoms with Crippen LogP contribution in [0.2, 0.25) is 0 Å². The minimum absolute atomic E-state index is 0.180. The summed E-state index contributed by atoms with van der Waals surface area (Å²) < 4.78 is 7.59. The molecule has 7 nitrogen and oxygen atoms in total. The molecule has 2 saturated heterocycles. The zero-order valence-corrected chi connectivity index (χ0v) is 17.8. The van der Waals surface area contributed by atoms with Crippen LogP contribution in [-0.4, -0.2) is 65.0 Å². The van der Waals surface area contributed by atoms with Crippen molar-refractivity contribution < 1.29 is 9.53 Å². The summed E-state index contributed by atoms with van der Waals surface area (Å²) in [6.07, 6.45) is 3.38. The number of piperidine rings is 1. The molecule has 8 heteroatoms. The summed E-state index contributed by atoms with van der Waals surface area (Å²) in [4.78, 5) is 17.7. The number of anilines is 1. The van der Waals surface area contributed by atoms with Crippen LogP contribution in [0.1, 0.15) is 37.0 Å². The Morgan fingerprint density at radius 2 is 1.79 bits per heavy atom. The molecule has 1 amide bonds. The van der Waals surface area contributed by atoms with Crippen LogP contribution < -0.4 is 4.90 Å². The maximum absolute atomic E-state index is 13.4. The molecule has 1 aromatic carbocycles. The highest BCUT2D eigenvalue weighted by molar-refractivity contribution is 8.00. The molecule has 0 unspecified atom stereocenters. The quantitative estimate of drug-likeness (QED) is 0.676. The molecule has 2 fully saturated rings. The fraction of sp³-hybridized carbons (Fsp3) is 0.571. The first kappa shape index (κ1) is 20.2. The smallest absolute Gasteiger partial charge is 0.240 e. The summed E-state index contributed by atoms with van der Waals surface area (Å²) in [5.41, 5.74) is 1.02. The fourth-order valence-electron chi connectivity index (χ4n) is 3.92. The lowest BCUT2D eigenvalue weighted by molar-refractivity contribution is -0.131. The van der Waals surface area contributed by atoms with Crippen LogP contribution in [0.3, 0.4) is 0 Å². The van der Waals surface area contributed by atoms with Gasteiger partial charge >= 0.3 is 0 Å². The molecule has 2 aliphatic heterocycles. The number of nitrogens with zero attached hydrogens (tertiary/aromatic N) is 5. The van der Waals surface area contributed by atoms with E-state index in [9.17, 15) is 4.79 Å². The SMILES string of the molecule is CCn1c(S[C@H](C(=O)N2CCCCC2)c2ccccc2)nnc1N1CCOCC1. The number of ether oxygens (including phenoxy) is 1. The molecule has 0 spiro atoms. The highest BCUT2D eigenvalue weighted by Crippen LogP contribution is 2.37. The first-order valence-corrected chi connectivity index (χ1v) is 11.4. The molecular formula is C21H29N5O2S. The predicted molar refractivity (Wildman–Crippen MR) is 114 cm³/mol. The number of likely N-dealkylation sites (tertiary alicyclic amines) is 1. The third kappa shape index (κ3) is 4.59. The third-order valence-electron chi connectivity index (χ3n) is 5.53. The van der Waals surface area contributed by atoms with E-state index >= 15 is 0 Å². The molecule has 0 saturated carbocycles. The number of morpholine rings is 1. The van der Waals surface area contributed by atoms with Crippen LogP contribution in [0.4, 0.5) is 5.95 Å². The Morgan fingerprint density at radius 1 is 1.07 bits per heavy atom. The number of aromatic nitrogens is 3.